The first-order valence-electron chi connectivity index (χ1n) is 43.0. The van der Waals surface area contributed by atoms with Crippen molar-refractivity contribution in [2.24, 2.45) is 41.4 Å². The van der Waals surface area contributed by atoms with Crippen LogP contribution in [0, 0.1) is 41.4 Å². The number of carbonyl (C=O) groups excluding carboxylic acids is 3. The van der Waals surface area contributed by atoms with E-state index < -0.39 is 17.5 Å². The minimum absolute atomic E-state index is 0.0195. The van der Waals surface area contributed by atoms with Crippen molar-refractivity contribution in [2.45, 2.75) is 418 Å². The van der Waals surface area contributed by atoms with Gasteiger partial charge in [-0.3, -0.25) is 9.59 Å². The van der Waals surface area contributed by atoms with E-state index in [1.54, 1.807) is 0 Å². The summed E-state index contributed by atoms with van der Waals surface area (Å²) in [5, 5.41) is 0. The van der Waals surface area contributed by atoms with Crippen LogP contribution in [0.2, 0.25) is 0 Å². The monoisotopic (exact) mass is 1510 g/mol. The van der Waals surface area contributed by atoms with Crippen LogP contribution in [0.4, 0.5) is 0 Å². The average Bonchev–Trinajstić information content (AvgIpc) is 1.55. The second-order valence-corrected chi connectivity index (χ2v) is 37.3. The van der Waals surface area contributed by atoms with E-state index in [9.17, 15) is 14.4 Å². The summed E-state index contributed by atoms with van der Waals surface area (Å²) in [4.78, 5) is 40.8. The molecule has 0 aromatic rings. The smallest absolute Gasteiger partial charge is 0.332 e. The van der Waals surface area contributed by atoms with Gasteiger partial charge in [0.2, 0.25) is 0 Å². The number of rotatable bonds is 10. The maximum absolute atomic E-state index is 14.2. The van der Waals surface area contributed by atoms with E-state index in [0.717, 1.165) is 145 Å². The van der Waals surface area contributed by atoms with Gasteiger partial charge in [-0.2, -0.15) is 0 Å². The van der Waals surface area contributed by atoms with Crippen LogP contribution in [0.3, 0.4) is 0 Å². The molecular weight excluding hydrogens is 1380 g/mol. The fourth-order valence-electron chi connectivity index (χ4n) is 23.3. The largest absolute Gasteiger partial charge is 0.459 e. The second kappa shape index (κ2) is 31.9. The number of carbonyl (C=O) groups is 3. The van der Waals surface area contributed by atoms with Gasteiger partial charge in [-0.1, -0.05) is 86.6 Å². The molecular formula is C87H128O21. The number of hydrogen-bond acceptors (Lipinski definition) is 21. The first-order chi connectivity index (χ1) is 52.0. The highest BCUT2D eigenvalue weighted by atomic mass is 16.8. The van der Waals surface area contributed by atoms with E-state index in [4.69, 9.17) is 85.3 Å². The van der Waals surface area contributed by atoms with Gasteiger partial charge < -0.3 is 85.3 Å². The predicted molar refractivity (Wildman–Crippen MR) is 395 cm³/mol. The summed E-state index contributed by atoms with van der Waals surface area (Å²) in [6, 6.07) is 0. The third-order valence-corrected chi connectivity index (χ3v) is 29.9. The predicted octanol–water partition coefficient (Wildman–Crippen LogP) is 12.9. The van der Waals surface area contributed by atoms with Crippen molar-refractivity contribution in [3.05, 3.63) is 47.6 Å². The highest BCUT2D eigenvalue weighted by Gasteiger charge is 2.71. The summed E-state index contributed by atoms with van der Waals surface area (Å²) in [5.74, 6) is 0.619. The van der Waals surface area contributed by atoms with E-state index in [-0.39, 0.29) is 219 Å². The van der Waals surface area contributed by atoms with Crippen LogP contribution in [-0.4, -0.2) is 220 Å². The number of fused-ring (bicyclic) bond motifs is 12. The number of Topliss-reactive ketones (excluding diaryl/α,β-unsaturated/α-hetero) is 2. The van der Waals surface area contributed by atoms with Crippen LogP contribution in [0.25, 0.3) is 0 Å². The van der Waals surface area contributed by atoms with Gasteiger partial charge in [0.25, 0.3) is 0 Å². The van der Waals surface area contributed by atoms with Crippen molar-refractivity contribution < 1.29 is 99.6 Å². The van der Waals surface area contributed by atoms with Crippen molar-refractivity contribution in [3.8, 4) is 0 Å². The molecule has 20 aliphatic heterocycles. The number of esters is 1. The third kappa shape index (κ3) is 15.5. The maximum atomic E-state index is 14.2. The van der Waals surface area contributed by atoms with E-state index in [0.29, 0.717) is 69.1 Å². The van der Waals surface area contributed by atoms with Gasteiger partial charge in [0.15, 0.2) is 11.6 Å². The van der Waals surface area contributed by atoms with Crippen molar-refractivity contribution >= 4 is 17.5 Å². The number of ether oxygens (including phenoxy) is 18. The minimum Gasteiger partial charge on any atom is -0.459 e. The Morgan fingerprint density at radius 3 is 1.40 bits per heavy atom. The topological polar surface area (TPSA) is 217 Å². The lowest BCUT2D eigenvalue weighted by molar-refractivity contribution is -0.292. The standard InChI is InChI=1S/C45H66O12.C42H62O9/c1-7-23(2)14-35-26(5)31-18-27(46)17-29-9-11-34-40(52-29)44-43-42(54-34)41-38(55-43)20-45(56-41,57-44)13-12-30-16-25(4)33(50-30)10-8-28-15-24(3)32(21-49-39(47)22-48-6)37(51-28)19-36(31)53-35;1-7-21(2)14-33-25(6)30-18-26(43)17-28-9-11-32-37(46-28)41-40-39(48-32)38-36(49-40)20-42(50-38,51-41)13-12-29-16-23(4)31(44-29)10-8-27-15-22(3)24(5)34(45-27)19-35(30)47-33/h23,26,28-31,33-38,40-44H,4,7-22H2,1-3,5-6H3;21-22,25,27-41H,4-5,7-20H2,1-3,6H3/t23-,26-,28+,29?,30+,31-,33?,34+,35-,36+,37?,38-,40+,41+,42+,43-,44+,45+;21-,22-,25-,27+,28?,29+,30-,31?,32+,33-,34?,35+,36-,37+,38+,39+,40-,41+,42+/m11/s1. The molecule has 602 valence electrons. The summed E-state index contributed by atoms with van der Waals surface area (Å²) in [5.41, 5.74) is 5.64. The Morgan fingerprint density at radius 2 is 0.889 bits per heavy atom. The van der Waals surface area contributed by atoms with Crippen LogP contribution < -0.4 is 0 Å². The molecule has 0 saturated carbocycles. The highest BCUT2D eigenvalue weighted by molar-refractivity contribution is 5.80. The molecule has 21 nitrogen and oxygen atoms in total. The quantitative estimate of drug-likeness (QED) is 0.147. The fourth-order valence-corrected chi connectivity index (χ4v) is 23.3. The summed E-state index contributed by atoms with van der Waals surface area (Å²) < 4.78 is 120. The zero-order valence-electron chi connectivity index (χ0n) is 66.1. The highest BCUT2D eigenvalue weighted by Crippen LogP contribution is 2.58. The number of methoxy groups -OCH3 is 1. The van der Waals surface area contributed by atoms with Crippen LogP contribution in [0.15, 0.2) is 47.6 Å². The summed E-state index contributed by atoms with van der Waals surface area (Å²) in [7, 11) is 1.49. The normalized spacial score (nSPS) is 50.2. The van der Waals surface area contributed by atoms with Crippen LogP contribution in [-0.2, 0) is 99.6 Å². The molecule has 37 atom stereocenters. The Kier molecular flexibility index (Phi) is 23.0. The van der Waals surface area contributed by atoms with Gasteiger partial charge in [0.05, 0.1) is 110 Å². The number of ketones is 2. The fraction of sp³-hybridized carbons (Fsp3) is 0.874. The molecule has 20 aliphatic rings. The van der Waals surface area contributed by atoms with Crippen LogP contribution in [0.5, 0.6) is 0 Å². The van der Waals surface area contributed by atoms with Crippen molar-refractivity contribution in [2.75, 3.05) is 20.3 Å². The van der Waals surface area contributed by atoms with Gasteiger partial charge in [0.1, 0.15) is 85.8 Å². The SMILES string of the molecule is C=C1C[C@@H]2CC[C@@]34C[C@H]5O[C@H]6[C@@H](O3)[C@H]3OC(CC[C@@H]3O[C@H]6[C@H]5O4)CC(=O)C[C@@H]3[C@@H](C)[C@@H](C[C@H](C)CC)O[C@H]3CC3O[C@@H](CCC1O2)CC(C)=C3COC(=O)COC.C=C1C[C@@H]2CC[C@@]34C[C@H]5O[C@H]6[C@@H](O3)[C@H]3OC(CC[C@@H]3O[C@H]6[C@H]5O4)CC(=O)C[C@@H]3[C@@H](C)[C@@H](C[C@H](C)CC)O[C@H]3CC3O[C@@H](CCC1O2)C[C@@H](C)C3=C. The maximum Gasteiger partial charge on any atom is 0.332 e. The average molecular weight is 1510 g/mol. The summed E-state index contributed by atoms with van der Waals surface area (Å²) in [6.07, 6.45) is 18.5. The van der Waals surface area contributed by atoms with Crippen LogP contribution >= 0.6 is 0 Å². The molecule has 19 saturated heterocycles. The molecule has 24 bridgehead atoms. The summed E-state index contributed by atoms with van der Waals surface area (Å²) in [6.45, 7) is 31.5. The number of hydrogen-bond donors (Lipinski definition) is 0. The lowest BCUT2D eigenvalue weighted by Crippen LogP contribution is -2.61. The van der Waals surface area contributed by atoms with Gasteiger partial charge in [-0.05, 0) is 173 Å². The Morgan fingerprint density at radius 1 is 0.454 bits per heavy atom. The van der Waals surface area contributed by atoms with E-state index in [2.05, 4.69) is 75.1 Å². The summed E-state index contributed by atoms with van der Waals surface area (Å²) >= 11 is 0. The first-order valence-corrected chi connectivity index (χ1v) is 43.0. The second-order valence-electron chi connectivity index (χ2n) is 37.3. The first kappa shape index (κ1) is 77.7. The van der Waals surface area contributed by atoms with E-state index in [1.165, 1.54) is 18.3 Å². The Bertz CT molecular complexity index is 3320. The molecule has 108 heavy (non-hydrogen) atoms. The molecule has 0 radical (unpaired) electrons. The molecule has 0 aromatic heterocycles. The van der Waals surface area contributed by atoms with E-state index in [1.807, 2.05) is 0 Å². The molecule has 6 unspecified atom stereocenters. The molecule has 0 N–H and O–H groups in total. The lowest BCUT2D eigenvalue weighted by Gasteiger charge is -2.47. The minimum atomic E-state index is -0.780. The molecule has 21 heteroatoms. The zero-order chi connectivity index (χ0) is 74.8. The lowest BCUT2D eigenvalue weighted by atomic mass is 9.78. The third-order valence-electron chi connectivity index (χ3n) is 29.9. The molecule has 0 aromatic carbocycles. The molecule has 20 heterocycles. The van der Waals surface area contributed by atoms with Crippen molar-refractivity contribution in [1.29, 1.82) is 0 Å². The Labute approximate surface area is 641 Å². The van der Waals surface area contributed by atoms with Gasteiger partial charge in [0, 0.05) is 71.3 Å². The van der Waals surface area contributed by atoms with Crippen molar-refractivity contribution in [1.82, 2.24) is 0 Å². The molecule has 20 rings (SSSR count). The molecule has 0 amide bonds. The van der Waals surface area contributed by atoms with Gasteiger partial charge in [-0.15, -0.1) is 0 Å². The molecule has 0 aliphatic carbocycles. The zero-order valence-corrected chi connectivity index (χ0v) is 66.1. The van der Waals surface area contributed by atoms with Crippen molar-refractivity contribution in [3.63, 3.8) is 0 Å². The van der Waals surface area contributed by atoms with Gasteiger partial charge in [-0.25, -0.2) is 4.79 Å². The van der Waals surface area contributed by atoms with E-state index >= 15 is 0 Å². The Balaban J connectivity index is 0.000000159. The molecule has 2 spiro atoms. The molecule has 19 fully saturated rings. The van der Waals surface area contributed by atoms with Gasteiger partial charge >= 0.3 is 5.97 Å². The van der Waals surface area contributed by atoms with Crippen LogP contribution in [0.1, 0.15) is 235 Å². The Hall–Kier alpha value is -2.91.